The minimum Gasteiger partial charge on any atom is -0.330 e. The van der Waals surface area contributed by atoms with Gasteiger partial charge in [-0.3, -0.25) is 0 Å². The molecule has 0 saturated carbocycles. The molecule has 1 aromatic rings. The Labute approximate surface area is 91.5 Å². The van der Waals surface area contributed by atoms with E-state index in [0.29, 0.717) is 11.8 Å². The van der Waals surface area contributed by atoms with Gasteiger partial charge in [-0.05, 0) is 48.9 Å². The van der Waals surface area contributed by atoms with Crippen LogP contribution in [0.2, 0.25) is 0 Å². The van der Waals surface area contributed by atoms with Crippen molar-refractivity contribution in [1.82, 2.24) is 0 Å². The van der Waals surface area contributed by atoms with E-state index in [-0.39, 0.29) is 5.82 Å². The van der Waals surface area contributed by atoms with Gasteiger partial charge >= 0.3 is 0 Å². The van der Waals surface area contributed by atoms with Crippen molar-refractivity contribution in [1.29, 1.82) is 0 Å². The zero-order valence-corrected chi connectivity index (χ0v) is 9.54. The van der Waals surface area contributed by atoms with Crippen molar-refractivity contribution in [2.45, 2.75) is 32.6 Å². The Hall–Kier alpha value is -0.890. The molecule has 0 aromatic heterocycles. The zero-order valence-electron chi connectivity index (χ0n) is 9.54. The number of benzene rings is 1. The van der Waals surface area contributed by atoms with Gasteiger partial charge < -0.3 is 5.73 Å². The molecule has 0 aliphatic carbocycles. The van der Waals surface area contributed by atoms with Crippen LogP contribution in [0.3, 0.4) is 0 Å². The van der Waals surface area contributed by atoms with Crippen LogP contribution in [-0.4, -0.2) is 6.54 Å². The minimum atomic E-state index is -0.167. The third-order valence-electron chi connectivity index (χ3n) is 2.82. The summed E-state index contributed by atoms with van der Waals surface area (Å²) in [7, 11) is 0. The molecule has 0 spiro atoms. The van der Waals surface area contributed by atoms with Gasteiger partial charge in [0.2, 0.25) is 0 Å². The zero-order chi connectivity index (χ0) is 11.3. The van der Waals surface area contributed by atoms with Gasteiger partial charge in [0.1, 0.15) is 5.82 Å². The topological polar surface area (TPSA) is 26.0 Å². The third-order valence-corrected chi connectivity index (χ3v) is 2.82. The fourth-order valence-electron chi connectivity index (χ4n) is 1.93. The Balaban J connectivity index is 2.74. The quantitative estimate of drug-likeness (QED) is 0.791. The fourth-order valence-corrected chi connectivity index (χ4v) is 1.93. The van der Waals surface area contributed by atoms with Gasteiger partial charge in [0, 0.05) is 0 Å². The van der Waals surface area contributed by atoms with Crippen LogP contribution in [-0.2, 0) is 0 Å². The van der Waals surface area contributed by atoms with Gasteiger partial charge in [0.05, 0.1) is 0 Å². The highest BCUT2D eigenvalue weighted by Crippen LogP contribution is 2.28. The number of rotatable bonds is 5. The maximum Gasteiger partial charge on any atom is 0.123 e. The van der Waals surface area contributed by atoms with Gasteiger partial charge in [-0.25, -0.2) is 4.39 Å². The Morgan fingerprint density at radius 3 is 2.27 bits per heavy atom. The summed E-state index contributed by atoms with van der Waals surface area (Å²) in [4.78, 5) is 0. The SMILES string of the molecule is CC(C)C(CCCN)c1ccc(F)cc1. The molecule has 15 heavy (non-hydrogen) atoms. The lowest BCUT2D eigenvalue weighted by molar-refractivity contribution is 0.457. The van der Waals surface area contributed by atoms with Crippen molar-refractivity contribution in [2.24, 2.45) is 11.7 Å². The highest BCUT2D eigenvalue weighted by atomic mass is 19.1. The number of halogens is 1. The standard InChI is InChI=1S/C13H20FN/c1-10(2)13(4-3-9-15)11-5-7-12(14)8-6-11/h5-8,10,13H,3-4,9,15H2,1-2H3. The maximum absolute atomic E-state index is 12.8. The van der Waals surface area contributed by atoms with E-state index < -0.39 is 0 Å². The van der Waals surface area contributed by atoms with Crippen LogP contribution in [0.4, 0.5) is 4.39 Å². The van der Waals surface area contributed by atoms with E-state index in [1.165, 1.54) is 17.7 Å². The van der Waals surface area contributed by atoms with Gasteiger partial charge in [-0.2, -0.15) is 0 Å². The fraction of sp³-hybridized carbons (Fsp3) is 0.538. The molecular formula is C13H20FN. The molecule has 0 amide bonds. The summed E-state index contributed by atoms with van der Waals surface area (Å²) in [5.41, 5.74) is 6.74. The second kappa shape index (κ2) is 5.86. The molecule has 1 aromatic carbocycles. The van der Waals surface area contributed by atoms with Crippen LogP contribution in [0.25, 0.3) is 0 Å². The molecule has 1 rings (SSSR count). The maximum atomic E-state index is 12.8. The number of nitrogens with two attached hydrogens (primary N) is 1. The van der Waals surface area contributed by atoms with Gasteiger partial charge in [0.25, 0.3) is 0 Å². The van der Waals surface area contributed by atoms with Crippen molar-refractivity contribution in [3.63, 3.8) is 0 Å². The number of hydrogen-bond acceptors (Lipinski definition) is 1. The van der Waals surface area contributed by atoms with Crippen LogP contribution >= 0.6 is 0 Å². The van der Waals surface area contributed by atoms with E-state index in [2.05, 4.69) is 13.8 Å². The van der Waals surface area contributed by atoms with E-state index in [1.54, 1.807) is 0 Å². The molecular weight excluding hydrogens is 189 g/mol. The van der Waals surface area contributed by atoms with Crippen molar-refractivity contribution in [3.8, 4) is 0 Å². The van der Waals surface area contributed by atoms with Crippen LogP contribution in [0.1, 0.15) is 38.2 Å². The third kappa shape index (κ3) is 3.63. The summed E-state index contributed by atoms with van der Waals surface area (Å²) in [6.45, 7) is 5.12. The van der Waals surface area contributed by atoms with Crippen LogP contribution < -0.4 is 5.73 Å². The van der Waals surface area contributed by atoms with Crippen LogP contribution in [0.5, 0.6) is 0 Å². The second-order valence-electron chi connectivity index (χ2n) is 4.33. The van der Waals surface area contributed by atoms with E-state index in [4.69, 9.17) is 5.73 Å². The Kier molecular flexibility index (Phi) is 4.76. The Bertz CT molecular complexity index is 279. The first-order chi connectivity index (χ1) is 7.15. The van der Waals surface area contributed by atoms with Gasteiger partial charge in [-0.1, -0.05) is 26.0 Å². The first-order valence-electron chi connectivity index (χ1n) is 5.60. The minimum absolute atomic E-state index is 0.167. The van der Waals surface area contributed by atoms with Gasteiger partial charge in [0.15, 0.2) is 0 Å². The van der Waals surface area contributed by atoms with Crippen LogP contribution in [0.15, 0.2) is 24.3 Å². The lowest BCUT2D eigenvalue weighted by Crippen LogP contribution is -2.09. The molecule has 1 nitrogen and oxygen atoms in total. The van der Waals surface area contributed by atoms with Gasteiger partial charge in [-0.15, -0.1) is 0 Å². The molecule has 84 valence electrons. The average Bonchev–Trinajstić information content (AvgIpc) is 2.21. The summed E-state index contributed by atoms with van der Waals surface area (Å²) in [5, 5.41) is 0. The second-order valence-corrected chi connectivity index (χ2v) is 4.33. The van der Waals surface area contributed by atoms with E-state index in [1.807, 2.05) is 12.1 Å². The normalized spacial score (nSPS) is 13.1. The Morgan fingerprint density at radius 2 is 1.80 bits per heavy atom. The lowest BCUT2D eigenvalue weighted by atomic mass is 9.85. The largest absolute Gasteiger partial charge is 0.330 e. The highest BCUT2D eigenvalue weighted by Gasteiger charge is 2.14. The molecule has 1 atom stereocenters. The van der Waals surface area contributed by atoms with Crippen molar-refractivity contribution in [3.05, 3.63) is 35.6 Å². The molecule has 0 bridgehead atoms. The highest BCUT2D eigenvalue weighted by molar-refractivity contribution is 5.20. The van der Waals surface area contributed by atoms with E-state index in [9.17, 15) is 4.39 Å². The summed E-state index contributed by atoms with van der Waals surface area (Å²) in [6, 6.07) is 6.84. The molecule has 0 aliphatic heterocycles. The van der Waals surface area contributed by atoms with Crippen molar-refractivity contribution >= 4 is 0 Å². The molecule has 0 heterocycles. The molecule has 0 aliphatic rings. The first-order valence-corrected chi connectivity index (χ1v) is 5.60. The van der Waals surface area contributed by atoms with Crippen molar-refractivity contribution < 1.29 is 4.39 Å². The summed E-state index contributed by atoms with van der Waals surface area (Å²) < 4.78 is 12.8. The molecule has 0 saturated heterocycles. The summed E-state index contributed by atoms with van der Waals surface area (Å²) in [5.74, 6) is 0.899. The predicted molar refractivity (Wildman–Crippen MR) is 62.3 cm³/mol. The molecule has 1 unspecified atom stereocenters. The van der Waals surface area contributed by atoms with Crippen LogP contribution in [0, 0.1) is 11.7 Å². The molecule has 0 radical (unpaired) electrons. The van der Waals surface area contributed by atoms with Crippen molar-refractivity contribution in [2.75, 3.05) is 6.54 Å². The van der Waals surface area contributed by atoms with E-state index in [0.717, 1.165) is 19.4 Å². The Morgan fingerprint density at radius 1 is 1.20 bits per heavy atom. The molecule has 2 N–H and O–H groups in total. The number of hydrogen-bond donors (Lipinski definition) is 1. The first kappa shape index (κ1) is 12.2. The summed E-state index contributed by atoms with van der Waals surface area (Å²) in [6.07, 6.45) is 2.11. The smallest absolute Gasteiger partial charge is 0.123 e. The average molecular weight is 209 g/mol. The summed E-state index contributed by atoms with van der Waals surface area (Å²) >= 11 is 0. The monoisotopic (exact) mass is 209 g/mol. The predicted octanol–water partition coefficient (Wildman–Crippen LogP) is 3.30. The molecule has 0 fully saturated rings. The lowest BCUT2D eigenvalue weighted by Gasteiger charge is -2.21. The molecule has 2 heteroatoms. The van der Waals surface area contributed by atoms with E-state index >= 15 is 0 Å².